The van der Waals surface area contributed by atoms with Crippen LogP contribution in [0.25, 0.3) is 0 Å². The van der Waals surface area contributed by atoms with Gasteiger partial charge in [-0.1, -0.05) is 6.07 Å². The fraction of sp³-hybridized carbons (Fsp3) is 0.250. The Labute approximate surface area is 102 Å². The molecule has 1 unspecified atom stereocenters. The number of aryl methyl sites for hydroxylation is 2. The van der Waals surface area contributed by atoms with Crippen molar-refractivity contribution in [2.24, 2.45) is 0 Å². The lowest BCUT2D eigenvalue weighted by Gasteiger charge is -2.12. The molecule has 1 heterocycles. The van der Waals surface area contributed by atoms with E-state index in [4.69, 9.17) is 0 Å². The van der Waals surface area contributed by atoms with E-state index in [-0.39, 0.29) is 11.3 Å². The van der Waals surface area contributed by atoms with Crippen LogP contribution >= 0.6 is 11.3 Å². The van der Waals surface area contributed by atoms with E-state index in [0.717, 1.165) is 11.1 Å². The number of hydrogen-bond donors (Lipinski definition) is 1. The minimum absolute atomic E-state index is 0.274. The zero-order valence-electron chi connectivity index (χ0n) is 9.37. The van der Waals surface area contributed by atoms with Gasteiger partial charge in [0.1, 0.15) is 17.7 Å². The zero-order valence-corrected chi connectivity index (χ0v) is 10.2. The minimum atomic E-state index is -1.36. The summed E-state index contributed by atoms with van der Waals surface area (Å²) in [5.41, 5.74) is 0.235. The molecule has 1 atom stereocenters. The Hall–Kier alpha value is -1.33. The minimum Gasteiger partial charge on any atom is -0.382 e. The topological polar surface area (TPSA) is 33.1 Å². The molecule has 90 valence electrons. The molecule has 1 N–H and O–H groups in total. The highest BCUT2D eigenvalue weighted by atomic mass is 32.1. The number of nitrogens with zero attached hydrogens (tertiary/aromatic N) is 1. The second-order valence-corrected chi connectivity index (χ2v) is 4.85. The van der Waals surface area contributed by atoms with Gasteiger partial charge in [0.25, 0.3) is 0 Å². The molecule has 0 amide bonds. The zero-order chi connectivity index (χ0) is 12.6. The molecular formula is C12H11F2NOS. The predicted octanol–water partition coefficient (Wildman–Crippen LogP) is 3.12. The standard InChI is InChI=1S/C12H11F2NOS/c1-6-3-4-8(13)10(11(6)14)12(16)9-5-17-7(2)15-9/h3-5,12,16H,1-2H3. The number of aromatic nitrogens is 1. The maximum atomic E-state index is 13.8. The van der Waals surface area contributed by atoms with Crippen LogP contribution in [0.1, 0.15) is 27.9 Å². The van der Waals surface area contributed by atoms with Crippen LogP contribution in [0.3, 0.4) is 0 Å². The highest BCUT2D eigenvalue weighted by molar-refractivity contribution is 7.09. The lowest BCUT2D eigenvalue weighted by atomic mass is 10.0. The molecule has 0 saturated heterocycles. The average Bonchev–Trinajstić information content (AvgIpc) is 2.71. The Morgan fingerprint density at radius 3 is 2.59 bits per heavy atom. The molecular weight excluding hydrogens is 244 g/mol. The number of aliphatic hydroxyl groups excluding tert-OH is 1. The van der Waals surface area contributed by atoms with Gasteiger partial charge in [0, 0.05) is 5.38 Å². The largest absolute Gasteiger partial charge is 0.382 e. The maximum absolute atomic E-state index is 13.8. The van der Waals surface area contributed by atoms with Crippen molar-refractivity contribution >= 4 is 11.3 Å². The van der Waals surface area contributed by atoms with E-state index in [2.05, 4.69) is 4.98 Å². The van der Waals surface area contributed by atoms with Crippen molar-refractivity contribution in [1.29, 1.82) is 0 Å². The van der Waals surface area contributed by atoms with Gasteiger partial charge >= 0.3 is 0 Å². The summed E-state index contributed by atoms with van der Waals surface area (Å²) in [4.78, 5) is 4.03. The number of thiazole rings is 1. The smallest absolute Gasteiger partial charge is 0.135 e. The Balaban J connectivity index is 2.50. The van der Waals surface area contributed by atoms with Gasteiger partial charge in [-0.05, 0) is 25.5 Å². The average molecular weight is 255 g/mol. The van der Waals surface area contributed by atoms with Crippen molar-refractivity contribution in [2.45, 2.75) is 20.0 Å². The van der Waals surface area contributed by atoms with E-state index < -0.39 is 17.7 Å². The Kier molecular flexibility index (Phi) is 3.22. The molecule has 0 aliphatic carbocycles. The summed E-state index contributed by atoms with van der Waals surface area (Å²) in [6.07, 6.45) is -1.36. The van der Waals surface area contributed by atoms with Crippen LogP contribution in [0.15, 0.2) is 17.5 Å². The van der Waals surface area contributed by atoms with Gasteiger partial charge in [-0.25, -0.2) is 13.8 Å². The molecule has 0 fully saturated rings. The first-order valence-corrected chi connectivity index (χ1v) is 5.93. The SMILES string of the molecule is Cc1nc(C(O)c2c(F)ccc(C)c2F)cs1. The van der Waals surface area contributed by atoms with Crippen LogP contribution in [0.4, 0.5) is 8.78 Å². The second-order valence-electron chi connectivity index (χ2n) is 3.79. The van der Waals surface area contributed by atoms with Crippen molar-refractivity contribution in [3.8, 4) is 0 Å². The molecule has 0 radical (unpaired) electrons. The fourth-order valence-electron chi connectivity index (χ4n) is 1.58. The summed E-state index contributed by atoms with van der Waals surface area (Å²) >= 11 is 1.33. The predicted molar refractivity (Wildman–Crippen MR) is 62.0 cm³/mol. The van der Waals surface area contributed by atoms with E-state index in [1.807, 2.05) is 0 Å². The third-order valence-electron chi connectivity index (χ3n) is 2.51. The van der Waals surface area contributed by atoms with Gasteiger partial charge in [0.2, 0.25) is 0 Å². The van der Waals surface area contributed by atoms with E-state index >= 15 is 0 Å². The van der Waals surface area contributed by atoms with Crippen LogP contribution < -0.4 is 0 Å². The molecule has 1 aromatic carbocycles. The molecule has 2 aromatic rings. The van der Waals surface area contributed by atoms with Gasteiger partial charge in [-0.2, -0.15) is 0 Å². The van der Waals surface area contributed by atoms with E-state index in [1.54, 1.807) is 12.3 Å². The Morgan fingerprint density at radius 1 is 1.29 bits per heavy atom. The van der Waals surface area contributed by atoms with Crippen LogP contribution in [0.5, 0.6) is 0 Å². The van der Waals surface area contributed by atoms with Crippen LogP contribution in [-0.4, -0.2) is 10.1 Å². The summed E-state index contributed by atoms with van der Waals surface area (Å²) in [5.74, 6) is -1.48. The number of hydrogen-bond acceptors (Lipinski definition) is 3. The highest BCUT2D eigenvalue weighted by Gasteiger charge is 2.22. The van der Waals surface area contributed by atoms with Crippen molar-refractivity contribution in [3.63, 3.8) is 0 Å². The molecule has 17 heavy (non-hydrogen) atoms. The van der Waals surface area contributed by atoms with Crippen LogP contribution in [-0.2, 0) is 0 Å². The monoisotopic (exact) mass is 255 g/mol. The van der Waals surface area contributed by atoms with E-state index in [0.29, 0.717) is 5.56 Å². The van der Waals surface area contributed by atoms with Crippen LogP contribution in [0.2, 0.25) is 0 Å². The Bertz CT molecular complexity index is 553. The molecule has 0 spiro atoms. The summed E-state index contributed by atoms with van der Waals surface area (Å²) in [7, 11) is 0. The number of benzene rings is 1. The Morgan fingerprint density at radius 2 is 2.00 bits per heavy atom. The third-order valence-corrected chi connectivity index (χ3v) is 3.30. The summed E-state index contributed by atoms with van der Waals surface area (Å²) in [5, 5.41) is 12.3. The van der Waals surface area contributed by atoms with Crippen LogP contribution in [0, 0.1) is 25.5 Å². The molecule has 5 heteroatoms. The first kappa shape index (κ1) is 12.1. The first-order chi connectivity index (χ1) is 8.00. The van der Waals surface area contributed by atoms with Gasteiger partial charge in [-0.15, -0.1) is 11.3 Å². The van der Waals surface area contributed by atoms with Gasteiger partial charge < -0.3 is 5.11 Å². The van der Waals surface area contributed by atoms with Gasteiger partial charge in [0.05, 0.1) is 16.3 Å². The van der Waals surface area contributed by atoms with Crippen molar-refractivity contribution in [3.05, 3.63) is 51.0 Å². The molecule has 0 bridgehead atoms. The molecule has 2 nitrogen and oxygen atoms in total. The van der Waals surface area contributed by atoms with E-state index in [9.17, 15) is 13.9 Å². The van der Waals surface area contributed by atoms with Crippen molar-refractivity contribution in [2.75, 3.05) is 0 Å². The second kappa shape index (κ2) is 4.50. The quantitative estimate of drug-likeness (QED) is 0.894. The summed E-state index contributed by atoms with van der Waals surface area (Å²) in [6, 6.07) is 2.49. The maximum Gasteiger partial charge on any atom is 0.135 e. The van der Waals surface area contributed by atoms with Gasteiger partial charge in [-0.3, -0.25) is 0 Å². The highest BCUT2D eigenvalue weighted by Crippen LogP contribution is 2.28. The first-order valence-electron chi connectivity index (χ1n) is 5.05. The lowest BCUT2D eigenvalue weighted by Crippen LogP contribution is -2.07. The molecule has 1 aromatic heterocycles. The lowest BCUT2D eigenvalue weighted by molar-refractivity contribution is 0.204. The van der Waals surface area contributed by atoms with E-state index in [1.165, 1.54) is 24.3 Å². The summed E-state index contributed by atoms with van der Waals surface area (Å²) in [6.45, 7) is 3.29. The third kappa shape index (κ3) is 2.21. The molecule has 0 aliphatic rings. The molecule has 0 aliphatic heterocycles. The number of aliphatic hydroxyl groups is 1. The molecule has 2 rings (SSSR count). The van der Waals surface area contributed by atoms with Crippen molar-refractivity contribution < 1.29 is 13.9 Å². The summed E-state index contributed by atoms with van der Waals surface area (Å²) < 4.78 is 27.3. The molecule has 0 saturated carbocycles. The number of halogens is 2. The normalized spacial score (nSPS) is 12.8. The number of rotatable bonds is 2. The van der Waals surface area contributed by atoms with Crippen molar-refractivity contribution in [1.82, 2.24) is 4.98 Å². The fourth-order valence-corrected chi connectivity index (χ4v) is 2.21. The van der Waals surface area contributed by atoms with Gasteiger partial charge in [0.15, 0.2) is 0 Å².